The van der Waals surface area contributed by atoms with E-state index in [1.165, 1.54) is 30.5 Å². The lowest BCUT2D eigenvalue weighted by Gasteiger charge is -2.09. The fraction of sp³-hybridized carbons (Fsp3) is 0. The van der Waals surface area contributed by atoms with Crippen LogP contribution in [-0.4, -0.2) is 16.8 Å². The normalized spacial score (nSPS) is 10.2. The van der Waals surface area contributed by atoms with Gasteiger partial charge in [0.05, 0.1) is 21.3 Å². The number of pyridine rings is 1. The Balaban J connectivity index is 2.33. The lowest BCUT2D eigenvalue weighted by atomic mass is 10.2. The Labute approximate surface area is 135 Å². The fourth-order valence-corrected chi connectivity index (χ4v) is 2.06. The average molecular weight is 345 g/mol. The van der Waals surface area contributed by atoms with Crippen LogP contribution in [0.25, 0.3) is 0 Å². The van der Waals surface area contributed by atoms with Gasteiger partial charge in [0.15, 0.2) is 0 Å². The highest BCUT2D eigenvalue weighted by Gasteiger charge is 2.14. The smallest absolute Gasteiger partial charge is 0.257 e. The van der Waals surface area contributed by atoms with Crippen LogP contribution in [0.15, 0.2) is 30.5 Å². The molecule has 1 aromatic carbocycles. The second kappa shape index (κ2) is 6.30. The van der Waals surface area contributed by atoms with Crippen LogP contribution in [0, 0.1) is 0 Å². The van der Waals surface area contributed by atoms with Crippen molar-refractivity contribution >= 4 is 52.3 Å². The number of hydrogen-bond acceptors (Lipinski definition) is 3. The minimum absolute atomic E-state index is 0.126. The molecule has 5 nitrogen and oxygen atoms in total. The van der Waals surface area contributed by atoms with E-state index < -0.39 is 11.8 Å². The number of amides is 2. The van der Waals surface area contributed by atoms with Gasteiger partial charge in [-0.2, -0.15) is 0 Å². The number of nitrogens with zero attached hydrogens (tertiary/aromatic N) is 1. The van der Waals surface area contributed by atoms with E-state index in [2.05, 4.69) is 10.3 Å². The molecule has 0 aliphatic rings. The third-order valence-electron chi connectivity index (χ3n) is 2.57. The van der Waals surface area contributed by atoms with Crippen molar-refractivity contribution in [2.75, 3.05) is 5.32 Å². The number of anilines is 1. The molecule has 2 rings (SSSR count). The second-order valence-corrected chi connectivity index (χ2v) is 5.20. The van der Waals surface area contributed by atoms with Crippen LogP contribution >= 0.6 is 34.8 Å². The maximum Gasteiger partial charge on any atom is 0.257 e. The third kappa shape index (κ3) is 3.64. The van der Waals surface area contributed by atoms with Crippen molar-refractivity contribution in [1.82, 2.24) is 4.98 Å². The number of carbonyl (C=O) groups excluding carboxylic acids is 2. The van der Waals surface area contributed by atoms with E-state index in [4.69, 9.17) is 40.5 Å². The van der Waals surface area contributed by atoms with Gasteiger partial charge in [0.1, 0.15) is 5.15 Å². The van der Waals surface area contributed by atoms with Crippen LogP contribution in [0.5, 0.6) is 0 Å². The molecule has 8 heteroatoms. The average Bonchev–Trinajstić information content (AvgIpc) is 2.43. The van der Waals surface area contributed by atoms with Crippen molar-refractivity contribution in [3.05, 3.63) is 56.8 Å². The molecule has 1 aromatic heterocycles. The number of rotatable bonds is 3. The molecule has 0 atom stereocenters. The number of nitrogens with one attached hydrogen (secondary N) is 1. The van der Waals surface area contributed by atoms with Crippen molar-refractivity contribution in [2.24, 2.45) is 5.73 Å². The van der Waals surface area contributed by atoms with Crippen molar-refractivity contribution in [1.29, 1.82) is 0 Å². The number of hydrogen-bond donors (Lipinski definition) is 2. The summed E-state index contributed by atoms with van der Waals surface area (Å²) in [5.41, 5.74) is 5.77. The predicted molar refractivity (Wildman–Crippen MR) is 82.2 cm³/mol. The van der Waals surface area contributed by atoms with Gasteiger partial charge < -0.3 is 11.1 Å². The molecule has 108 valence electrons. The van der Waals surface area contributed by atoms with Gasteiger partial charge in [0.25, 0.3) is 5.91 Å². The molecule has 0 spiro atoms. The van der Waals surface area contributed by atoms with E-state index in [1.807, 2.05) is 0 Å². The molecule has 0 unspecified atom stereocenters. The van der Waals surface area contributed by atoms with Gasteiger partial charge in [0.2, 0.25) is 5.91 Å². The summed E-state index contributed by atoms with van der Waals surface area (Å²) in [6.07, 6.45) is 1.26. The third-order valence-corrected chi connectivity index (χ3v) is 3.40. The Hall–Kier alpha value is -1.82. The molecule has 0 bridgehead atoms. The summed E-state index contributed by atoms with van der Waals surface area (Å²) in [6, 6.07) is 5.61. The summed E-state index contributed by atoms with van der Waals surface area (Å²) < 4.78 is 0. The van der Waals surface area contributed by atoms with Gasteiger partial charge >= 0.3 is 0 Å². The number of carbonyl (C=O) groups is 2. The number of aromatic nitrogens is 1. The molecule has 0 saturated heterocycles. The maximum atomic E-state index is 12.2. The summed E-state index contributed by atoms with van der Waals surface area (Å²) in [7, 11) is 0. The lowest BCUT2D eigenvalue weighted by Crippen LogP contribution is -2.15. The Morgan fingerprint density at radius 2 is 1.81 bits per heavy atom. The van der Waals surface area contributed by atoms with E-state index >= 15 is 0 Å². The molecular formula is C13H8Cl3N3O2. The fourth-order valence-electron chi connectivity index (χ4n) is 1.55. The second-order valence-electron chi connectivity index (χ2n) is 4.00. The van der Waals surface area contributed by atoms with Gasteiger partial charge in [0, 0.05) is 11.8 Å². The Morgan fingerprint density at radius 3 is 2.48 bits per heavy atom. The zero-order valence-electron chi connectivity index (χ0n) is 10.4. The Bertz CT molecular complexity index is 735. The summed E-state index contributed by atoms with van der Waals surface area (Å²) in [5.74, 6) is -1.17. The highest BCUT2D eigenvalue weighted by atomic mass is 35.5. The molecule has 0 saturated carbocycles. The maximum absolute atomic E-state index is 12.2. The van der Waals surface area contributed by atoms with Gasteiger partial charge in [-0.1, -0.05) is 34.8 Å². The van der Waals surface area contributed by atoms with Gasteiger partial charge in [-0.25, -0.2) is 4.98 Å². The summed E-state index contributed by atoms with van der Waals surface area (Å²) >= 11 is 17.6. The van der Waals surface area contributed by atoms with Crippen LogP contribution < -0.4 is 11.1 Å². The largest absolute Gasteiger partial charge is 0.366 e. The topological polar surface area (TPSA) is 85.1 Å². The molecule has 0 radical (unpaired) electrons. The van der Waals surface area contributed by atoms with Crippen LogP contribution in [0.1, 0.15) is 20.7 Å². The highest BCUT2D eigenvalue weighted by Crippen LogP contribution is 2.25. The van der Waals surface area contributed by atoms with Gasteiger partial charge in [-0.15, -0.1) is 0 Å². The first-order valence-corrected chi connectivity index (χ1v) is 6.73. The minimum atomic E-state index is -0.632. The van der Waals surface area contributed by atoms with Gasteiger partial charge in [-0.3, -0.25) is 9.59 Å². The number of nitrogens with two attached hydrogens (primary N) is 1. The van der Waals surface area contributed by atoms with E-state index in [9.17, 15) is 9.59 Å². The molecule has 3 N–H and O–H groups in total. The molecule has 0 aliphatic carbocycles. The predicted octanol–water partition coefficient (Wildman–Crippen LogP) is 3.39. The van der Waals surface area contributed by atoms with Crippen molar-refractivity contribution < 1.29 is 9.59 Å². The number of benzene rings is 1. The summed E-state index contributed by atoms with van der Waals surface area (Å²) in [6.45, 7) is 0. The molecule has 0 fully saturated rings. The molecular weight excluding hydrogens is 337 g/mol. The molecule has 2 amide bonds. The molecule has 0 aliphatic heterocycles. The first kappa shape index (κ1) is 15.6. The van der Waals surface area contributed by atoms with E-state index in [0.29, 0.717) is 0 Å². The van der Waals surface area contributed by atoms with Crippen LogP contribution in [0.4, 0.5) is 5.69 Å². The van der Waals surface area contributed by atoms with Crippen LogP contribution in [0.2, 0.25) is 15.2 Å². The SMILES string of the molecule is NC(=O)c1ccc(Cl)c(NC(=O)c2cc(Cl)ncc2Cl)c1. The van der Waals surface area contributed by atoms with Crippen molar-refractivity contribution in [3.8, 4) is 0 Å². The van der Waals surface area contributed by atoms with Crippen LogP contribution in [-0.2, 0) is 0 Å². The molecule has 2 aromatic rings. The molecule has 1 heterocycles. The first-order chi connectivity index (χ1) is 9.88. The number of primary amides is 1. The minimum Gasteiger partial charge on any atom is -0.366 e. The van der Waals surface area contributed by atoms with Crippen LogP contribution in [0.3, 0.4) is 0 Å². The van der Waals surface area contributed by atoms with E-state index in [1.54, 1.807) is 0 Å². The molecule has 21 heavy (non-hydrogen) atoms. The van der Waals surface area contributed by atoms with E-state index in [0.717, 1.165) is 0 Å². The summed E-state index contributed by atoms with van der Waals surface area (Å²) in [5, 5.41) is 3.06. The van der Waals surface area contributed by atoms with E-state index in [-0.39, 0.29) is 32.0 Å². The Kier molecular flexibility index (Phi) is 4.67. The zero-order chi connectivity index (χ0) is 15.6. The Morgan fingerprint density at radius 1 is 1.10 bits per heavy atom. The summed E-state index contributed by atoms with van der Waals surface area (Å²) in [4.78, 5) is 27.1. The number of halogens is 3. The van der Waals surface area contributed by atoms with Crippen molar-refractivity contribution in [3.63, 3.8) is 0 Å². The zero-order valence-corrected chi connectivity index (χ0v) is 12.6. The lowest BCUT2D eigenvalue weighted by molar-refractivity contribution is 0.0996. The monoisotopic (exact) mass is 343 g/mol. The quantitative estimate of drug-likeness (QED) is 0.837. The highest BCUT2D eigenvalue weighted by molar-refractivity contribution is 6.36. The first-order valence-electron chi connectivity index (χ1n) is 5.60. The standard InChI is InChI=1S/C13H8Cl3N3O2/c14-8-2-1-6(12(17)20)3-10(8)19-13(21)7-4-11(16)18-5-9(7)15/h1-5H,(H2,17,20)(H,19,21). The van der Waals surface area contributed by atoms with Crippen molar-refractivity contribution in [2.45, 2.75) is 0 Å². The van der Waals surface area contributed by atoms with Gasteiger partial charge in [-0.05, 0) is 24.3 Å².